The van der Waals surface area contributed by atoms with Crippen LogP contribution in [0.3, 0.4) is 0 Å². The molecule has 19 heavy (non-hydrogen) atoms. The first kappa shape index (κ1) is 13.6. The third-order valence-corrected chi connectivity index (χ3v) is 6.43. The number of aliphatic imine (C=N–C) groups is 1. The van der Waals surface area contributed by atoms with Gasteiger partial charge in [0.05, 0.1) is 5.69 Å². The van der Waals surface area contributed by atoms with Crippen LogP contribution in [-0.2, 0) is 0 Å². The summed E-state index contributed by atoms with van der Waals surface area (Å²) in [5.74, 6) is 3.22. The van der Waals surface area contributed by atoms with Crippen LogP contribution >= 0.6 is 23.5 Å². The molecule has 0 N–H and O–H groups in total. The molecule has 1 aromatic carbocycles. The SMILES string of the molecule is c1cc(C2CCCCCC2)ccc1N=C1SCCS1. The minimum atomic E-state index is 0.791. The van der Waals surface area contributed by atoms with Gasteiger partial charge < -0.3 is 0 Å². The molecule has 102 valence electrons. The van der Waals surface area contributed by atoms with Gasteiger partial charge in [0.1, 0.15) is 4.38 Å². The molecule has 0 amide bonds. The molecule has 1 nitrogen and oxygen atoms in total. The van der Waals surface area contributed by atoms with Gasteiger partial charge in [0.25, 0.3) is 0 Å². The Labute approximate surface area is 124 Å². The third kappa shape index (κ3) is 3.79. The van der Waals surface area contributed by atoms with Gasteiger partial charge in [0, 0.05) is 11.5 Å². The van der Waals surface area contributed by atoms with Gasteiger partial charge in [0.15, 0.2) is 0 Å². The van der Waals surface area contributed by atoms with Crippen molar-refractivity contribution in [3.05, 3.63) is 29.8 Å². The maximum Gasteiger partial charge on any atom is 0.130 e. The Morgan fingerprint density at radius 1 is 0.842 bits per heavy atom. The molecule has 1 aliphatic heterocycles. The summed E-state index contributed by atoms with van der Waals surface area (Å²) in [6.45, 7) is 0. The first-order valence-corrected chi connectivity index (χ1v) is 9.33. The van der Waals surface area contributed by atoms with Crippen LogP contribution in [0.25, 0.3) is 0 Å². The van der Waals surface area contributed by atoms with Crippen LogP contribution in [0.4, 0.5) is 5.69 Å². The van der Waals surface area contributed by atoms with Crippen molar-refractivity contribution in [3.63, 3.8) is 0 Å². The van der Waals surface area contributed by atoms with E-state index >= 15 is 0 Å². The number of thioether (sulfide) groups is 2. The normalized spacial score (nSPS) is 21.4. The molecule has 0 radical (unpaired) electrons. The molecule has 1 saturated carbocycles. The van der Waals surface area contributed by atoms with E-state index in [1.807, 2.05) is 23.5 Å². The molecular weight excluding hydrogens is 270 g/mol. The second kappa shape index (κ2) is 6.85. The van der Waals surface area contributed by atoms with E-state index in [9.17, 15) is 0 Å². The zero-order valence-electron chi connectivity index (χ0n) is 11.3. The predicted octanol–water partition coefficient (Wildman–Crippen LogP) is 5.59. The summed E-state index contributed by atoms with van der Waals surface area (Å²) >= 11 is 3.77. The quantitative estimate of drug-likeness (QED) is 0.658. The molecule has 1 aromatic rings. The molecule has 3 rings (SSSR count). The second-order valence-electron chi connectivity index (χ2n) is 5.35. The standard InChI is InChI=1S/C16H21NS2/c1-2-4-6-13(5-3-1)14-7-9-15(10-8-14)17-16-18-11-12-19-16/h7-10,13H,1-6,11-12H2. The smallest absolute Gasteiger partial charge is 0.130 e. The van der Waals surface area contributed by atoms with Gasteiger partial charge in [-0.05, 0) is 36.5 Å². The Morgan fingerprint density at radius 2 is 1.47 bits per heavy atom. The minimum Gasteiger partial charge on any atom is -0.235 e. The van der Waals surface area contributed by atoms with Crippen molar-refractivity contribution in [2.24, 2.45) is 4.99 Å². The van der Waals surface area contributed by atoms with Crippen LogP contribution in [0.2, 0.25) is 0 Å². The number of hydrogen-bond acceptors (Lipinski definition) is 3. The van der Waals surface area contributed by atoms with E-state index in [0.717, 1.165) is 11.6 Å². The summed E-state index contributed by atoms with van der Waals surface area (Å²) in [7, 11) is 0. The van der Waals surface area contributed by atoms with Gasteiger partial charge >= 0.3 is 0 Å². The lowest BCUT2D eigenvalue weighted by atomic mass is 9.92. The summed E-state index contributed by atoms with van der Waals surface area (Å²) in [5, 5.41) is 0. The highest BCUT2D eigenvalue weighted by Gasteiger charge is 2.14. The summed E-state index contributed by atoms with van der Waals surface area (Å²) < 4.78 is 1.24. The summed E-state index contributed by atoms with van der Waals surface area (Å²) in [6.07, 6.45) is 8.41. The maximum atomic E-state index is 4.71. The van der Waals surface area contributed by atoms with E-state index in [-0.39, 0.29) is 0 Å². The first-order chi connectivity index (χ1) is 9.42. The molecular formula is C16H21NS2. The summed E-state index contributed by atoms with van der Waals surface area (Å²) in [6, 6.07) is 9.01. The van der Waals surface area contributed by atoms with Crippen LogP contribution in [-0.4, -0.2) is 15.9 Å². The fourth-order valence-electron chi connectivity index (χ4n) is 2.90. The monoisotopic (exact) mass is 291 g/mol. The van der Waals surface area contributed by atoms with Crippen LogP contribution in [0.1, 0.15) is 50.0 Å². The van der Waals surface area contributed by atoms with Crippen molar-refractivity contribution in [3.8, 4) is 0 Å². The number of benzene rings is 1. The maximum absolute atomic E-state index is 4.71. The topological polar surface area (TPSA) is 12.4 Å². The highest BCUT2D eigenvalue weighted by atomic mass is 32.2. The van der Waals surface area contributed by atoms with Crippen molar-refractivity contribution in [2.45, 2.75) is 44.4 Å². The van der Waals surface area contributed by atoms with Crippen LogP contribution in [0, 0.1) is 0 Å². The molecule has 2 fully saturated rings. The van der Waals surface area contributed by atoms with E-state index in [4.69, 9.17) is 4.99 Å². The zero-order valence-corrected chi connectivity index (χ0v) is 12.9. The van der Waals surface area contributed by atoms with E-state index in [1.54, 1.807) is 0 Å². The summed E-state index contributed by atoms with van der Waals surface area (Å²) in [5.41, 5.74) is 2.65. The molecule has 0 unspecified atom stereocenters. The Bertz CT molecular complexity index is 423. The fourth-order valence-corrected chi connectivity index (χ4v) is 5.09. The van der Waals surface area contributed by atoms with Gasteiger partial charge in [-0.3, -0.25) is 0 Å². The van der Waals surface area contributed by atoms with Crippen LogP contribution in [0.5, 0.6) is 0 Å². The molecule has 0 atom stereocenters. The number of nitrogens with zero attached hydrogens (tertiary/aromatic N) is 1. The van der Waals surface area contributed by atoms with Crippen molar-refractivity contribution < 1.29 is 0 Å². The van der Waals surface area contributed by atoms with Crippen molar-refractivity contribution in [1.29, 1.82) is 0 Å². The predicted molar refractivity (Wildman–Crippen MR) is 88.9 cm³/mol. The molecule has 3 heteroatoms. The van der Waals surface area contributed by atoms with Gasteiger partial charge in [-0.1, -0.05) is 61.3 Å². The second-order valence-corrected chi connectivity index (χ2v) is 7.78. The molecule has 1 heterocycles. The molecule has 0 bridgehead atoms. The van der Waals surface area contributed by atoms with Crippen molar-refractivity contribution >= 4 is 33.6 Å². The highest BCUT2D eigenvalue weighted by Crippen LogP contribution is 2.33. The Hall–Kier alpha value is -0.410. The molecule has 1 saturated heterocycles. The lowest BCUT2D eigenvalue weighted by molar-refractivity contribution is 0.592. The number of hydrogen-bond donors (Lipinski definition) is 0. The average Bonchev–Trinajstić information content (AvgIpc) is 2.80. The Morgan fingerprint density at radius 3 is 2.11 bits per heavy atom. The minimum absolute atomic E-state index is 0.791. The van der Waals surface area contributed by atoms with Crippen LogP contribution < -0.4 is 0 Å². The van der Waals surface area contributed by atoms with E-state index in [0.29, 0.717) is 0 Å². The Kier molecular flexibility index (Phi) is 4.89. The van der Waals surface area contributed by atoms with E-state index in [2.05, 4.69) is 24.3 Å². The average molecular weight is 291 g/mol. The first-order valence-electron chi connectivity index (χ1n) is 7.36. The molecule has 2 aliphatic rings. The fraction of sp³-hybridized carbons (Fsp3) is 0.562. The van der Waals surface area contributed by atoms with Gasteiger partial charge in [-0.15, -0.1) is 0 Å². The highest BCUT2D eigenvalue weighted by molar-refractivity contribution is 8.41. The Balaban J connectivity index is 1.69. The molecule has 1 aliphatic carbocycles. The van der Waals surface area contributed by atoms with E-state index < -0.39 is 0 Å². The van der Waals surface area contributed by atoms with Crippen molar-refractivity contribution in [2.75, 3.05) is 11.5 Å². The van der Waals surface area contributed by atoms with E-state index in [1.165, 1.54) is 60.0 Å². The summed E-state index contributed by atoms with van der Waals surface area (Å²) in [4.78, 5) is 4.71. The van der Waals surface area contributed by atoms with Crippen LogP contribution in [0.15, 0.2) is 29.3 Å². The van der Waals surface area contributed by atoms with Crippen molar-refractivity contribution in [1.82, 2.24) is 0 Å². The lowest BCUT2D eigenvalue weighted by Crippen LogP contribution is -1.96. The lowest BCUT2D eigenvalue weighted by Gasteiger charge is -2.14. The largest absolute Gasteiger partial charge is 0.235 e. The van der Waals surface area contributed by atoms with Gasteiger partial charge in [-0.25, -0.2) is 4.99 Å². The van der Waals surface area contributed by atoms with Gasteiger partial charge in [-0.2, -0.15) is 0 Å². The molecule has 0 spiro atoms. The number of rotatable bonds is 2. The van der Waals surface area contributed by atoms with Gasteiger partial charge in [0.2, 0.25) is 0 Å². The molecule has 0 aromatic heterocycles. The third-order valence-electron chi connectivity index (χ3n) is 3.97. The zero-order chi connectivity index (χ0) is 12.9.